The van der Waals surface area contributed by atoms with E-state index in [9.17, 15) is 27.2 Å². The van der Waals surface area contributed by atoms with Crippen molar-refractivity contribution in [3.8, 4) is 0 Å². The Bertz CT molecular complexity index is 922. The average Bonchev–Trinajstić information content (AvgIpc) is 3.10. The van der Waals surface area contributed by atoms with Crippen molar-refractivity contribution in [3.63, 3.8) is 0 Å². The molecular formula is C14H13FN2O6S. The highest BCUT2D eigenvalue weighted by atomic mass is 32.3. The largest absolute Gasteiger partial charge is 0.451 e. The zero-order valence-electron chi connectivity index (χ0n) is 12.3. The Balaban J connectivity index is 1.78. The van der Waals surface area contributed by atoms with Crippen LogP contribution in [0.2, 0.25) is 0 Å². The van der Waals surface area contributed by atoms with Crippen LogP contribution < -0.4 is 0 Å². The van der Waals surface area contributed by atoms with E-state index in [0.717, 1.165) is 0 Å². The highest BCUT2D eigenvalue weighted by Crippen LogP contribution is 2.27. The summed E-state index contributed by atoms with van der Waals surface area (Å²) in [6.07, 6.45) is 0.389. The van der Waals surface area contributed by atoms with Gasteiger partial charge in [0.1, 0.15) is 5.58 Å². The van der Waals surface area contributed by atoms with Crippen LogP contribution in [-0.4, -0.2) is 43.0 Å². The number of carbonyl (C=O) groups is 1. The molecular weight excluding hydrogens is 343 g/mol. The minimum Gasteiger partial charge on any atom is -0.451 e. The van der Waals surface area contributed by atoms with Gasteiger partial charge in [-0.05, 0) is 24.5 Å². The normalized spacial score (nSPS) is 18.2. The van der Waals surface area contributed by atoms with E-state index in [1.165, 1.54) is 29.2 Å². The molecule has 0 bridgehead atoms. The van der Waals surface area contributed by atoms with Gasteiger partial charge >= 0.3 is 10.2 Å². The molecule has 128 valence electrons. The highest BCUT2D eigenvalue weighted by molar-refractivity contribution is 7.86. The fourth-order valence-corrected chi connectivity index (χ4v) is 3.68. The molecule has 1 unspecified atom stereocenters. The standard InChI is InChI=1S/C14H13FN2O6S/c15-24(21,22)8-9-3-4-16(7-9)14(18)13-6-10-5-11(17(19)20)1-2-12(10)23-13/h1-2,5-6,9H,3-4,7-8H2. The monoisotopic (exact) mass is 356 g/mol. The summed E-state index contributed by atoms with van der Waals surface area (Å²) in [5.41, 5.74) is 0.225. The van der Waals surface area contributed by atoms with Crippen LogP contribution in [-0.2, 0) is 10.2 Å². The molecule has 1 fully saturated rings. The third-order valence-electron chi connectivity index (χ3n) is 3.93. The third-order valence-corrected chi connectivity index (χ3v) is 4.80. The number of nitro groups is 1. The van der Waals surface area contributed by atoms with Crippen molar-refractivity contribution in [1.82, 2.24) is 4.90 Å². The minimum absolute atomic E-state index is 0.00857. The summed E-state index contributed by atoms with van der Waals surface area (Å²) in [4.78, 5) is 24.0. The lowest BCUT2D eigenvalue weighted by Crippen LogP contribution is -2.29. The Hall–Kier alpha value is -2.49. The molecule has 0 spiro atoms. The van der Waals surface area contributed by atoms with E-state index in [1.807, 2.05) is 0 Å². The van der Waals surface area contributed by atoms with E-state index in [4.69, 9.17) is 4.42 Å². The van der Waals surface area contributed by atoms with Crippen LogP contribution in [0.1, 0.15) is 17.0 Å². The molecule has 1 aliphatic heterocycles. The van der Waals surface area contributed by atoms with Crippen LogP contribution in [0.5, 0.6) is 0 Å². The lowest BCUT2D eigenvalue weighted by Gasteiger charge is -2.14. The molecule has 10 heteroatoms. The number of hydrogen-bond donors (Lipinski definition) is 0. The number of non-ortho nitro benzene ring substituents is 1. The third kappa shape index (κ3) is 3.37. The lowest BCUT2D eigenvalue weighted by molar-refractivity contribution is -0.384. The van der Waals surface area contributed by atoms with Crippen molar-refractivity contribution in [3.05, 3.63) is 40.1 Å². The summed E-state index contributed by atoms with van der Waals surface area (Å²) < 4.78 is 39.5. The van der Waals surface area contributed by atoms with Crippen molar-refractivity contribution in [1.29, 1.82) is 0 Å². The molecule has 2 aromatic rings. The summed E-state index contributed by atoms with van der Waals surface area (Å²) in [6.45, 7) is 0.426. The number of amides is 1. The summed E-state index contributed by atoms with van der Waals surface area (Å²) in [6, 6.07) is 5.40. The van der Waals surface area contributed by atoms with Gasteiger partial charge in [-0.25, -0.2) is 0 Å². The highest BCUT2D eigenvalue weighted by Gasteiger charge is 2.31. The van der Waals surface area contributed by atoms with Crippen molar-refractivity contribution in [2.75, 3.05) is 18.8 Å². The molecule has 1 atom stereocenters. The van der Waals surface area contributed by atoms with E-state index < -0.39 is 32.7 Å². The molecule has 0 saturated carbocycles. The van der Waals surface area contributed by atoms with Gasteiger partial charge in [-0.2, -0.15) is 8.42 Å². The average molecular weight is 356 g/mol. The summed E-state index contributed by atoms with van der Waals surface area (Å²) in [7, 11) is -4.58. The molecule has 24 heavy (non-hydrogen) atoms. The summed E-state index contributed by atoms with van der Waals surface area (Å²) in [5, 5.41) is 11.2. The zero-order valence-corrected chi connectivity index (χ0v) is 13.2. The van der Waals surface area contributed by atoms with Crippen LogP contribution in [0.15, 0.2) is 28.7 Å². The van der Waals surface area contributed by atoms with Gasteiger partial charge in [-0.3, -0.25) is 14.9 Å². The molecule has 1 aliphatic rings. The van der Waals surface area contributed by atoms with Gasteiger partial charge in [0, 0.05) is 30.6 Å². The number of likely N-dealkylation sites (tertiary alicyclic amines) is 1. The van der Waals surface area contributed by atoms with Gasteiger partial charge in [0.15, 0.2) is 5.76 Å². The topological polar surface area (TPSA) is 111 Å². The molecule has 1 aromatic heterocycles. The number of benzene rings is 1. The van der Waals surface area contributed by atoms with Gasteiger partial charge in [-0.1, -0.05) is 0 Å². The SMILES string of the molecule is O=C(c1cc2cc([N+](=O)[O-])ccc2o1)N1CCC(CS(=O)(=O)F)C1. The van der Waals surface area contributed by atoms with E-state index in [2.05, 4.69) is 0 Å². The number of fused-ring (bicyclic) bond motifs is 1. The Kier molecular flexibility index (Phi) is 3.99. The molecule has 0 aliphatic carbocycles. The first-order chi connectivity index (χ1) is 11.2. The van der Waals surface area contributed by atoms with Crippen molar-refractivity contribution < 1.29 is 26.4 Å². The van der Waals surface area contributed by atoms with Crippen LogP contribution >= 0.6 is 0 Å². The molecule has 1 amide bonds. The fourth-order valence-electron chi connectivity index (χ4n) is 2.84. The molecule has 3 rings (SSSR count). The second kappa shape index (κ2) is 5.86. The van der Waals surface area contributed by atoms with Crippen molar-refractivity contribution in [2.45, 2.75) is 6.42 Å². The molecule has 1 saturated heterocycles. The van der Waals surface area contributed by atoms with Crippen molar-refractivity contribution >= 4 is 32.8 Å². The number of halogens is 1. The van der Waals surface area contributed by atoms with Gasteiger partial charge in [0.2, 0.25) is 0 Å². The first-order valence-electron chi connectivity index (χ1n) is 7.12. The van der Waals surface area contributed by atoms with Crippen LogP contribution in [0.3, 0.4) is 0 Å². The first-order valence-corrected chi connectivity index (χ1v) is 8.68. The number of carbonyl (C=O) groups excluding carboxylic acids is 1. The molecule has 2 heterocycles. The predicted molar refractivity (Wildman–Crippen MR) is 81.8 cm³/mol. The minimum atomic E-state index is -4.58. The fraction of sp³-hybridized carbons (Fsp3) is 0.357. The van der Waals surface area contributed by atoms with Gasteiger partial charge < -0.3 is 9.32 Å². The first kappa shape index (κ1) is 16.4. The smallest absolute Gasteiger partial charge is 0.302 e. The Labute approximate surface area is 136 Å². The molecule has 0 N–H and O–H groups in total. The zero-order chi connectivity index (χ0) is 17.5. The van der Waals surface area contributed by atoms with E-state index in [0.29, 0.717) is 23.9 Å². The van der Waals surface area contributed by atoms with Crippen molar-refractivity contribution in [2.24, 2.45) is 5.92 Å². The van der Waals surface area contributed by atoms with Gasteiger partial charge in [-0.15, -0.1) is 3.89 Å². The maximum atomic E-state index is 12.7. The number of hydrogen-bond acceptors (Lipinski definition) is 6. The maximum absolute atomic E-state index is 12.7. The second-order valence-corrected chi connectivity index (χ2v) is 7.11. The van der Waals surface area contributed by atoms with Crippen LogP contribution in [0.25, 0.3) is 11.0 Å². The summed E-state index contributed by atoms with van der Waals surface area (Å²) >= 11 is 0. The Morgan fingerprint density at radius 3 is 2.83 bits per heavy atom. The van der Waals surface area contributed by atoms with Gasteiger partial charge in [0.25, 0.3) is 11.6 Å². The maximum Gasteiger partial charge on any atom is 0.302 e. The van der Waals surface area contributed by atoms with Gasteiger partial charge in [0.05, 0.1) is 10.7 Å². The quantitative estimate of drug-likeness (QED) is 0.471. The lowest BCUT2D eigenvalue weighted by atomic mass is 10.2. The van der Waals surface area contributed by atoms with E-state index >= 15 is 0 Å². The predicted octanol–water partition coefficient (Wildman–Crippen LogP) is 2.10. The number of furan rings is 1. The summed E-state index contributed by atoms with van der Waals surface area (Å²) in [5.74, 6) is -1.50. The number of nitro benzene ring substituents is 1. The Morgan fingerprint density at radius 1 is 1.42 bits per heavy atom. The second-order valence-electron chi connectivity index (χ2n) is 5.70. The molecule has 0 radical (unpaired) electrons. The van der Waals surface area contributed by atoms with Crippen LogP contribution in [0, 0.1) is 16.0 Å². The van der Waals surface area contributed by atoms with Crippen LogP contribution in [0.4, 0.5) is 9.57 Å². The number of nitrogens with zero attached hydrogens (tertiary/aromatic N) is 2. The number of rotatable bonds is 4. The van der Waals surface area contributed by atoms with E-state index in [-0.39, 0.29) is 18.0 Å². The molecule has 8 nitrogen and oxygen atoms in total. The Morgan fingerprint density at radius 2 is 2.17 bits per heavy atom. The molecule has 1 aromatic carbocycles. The van der Waals surface area contributed by atoms with E-state index in [1.54, 1.807) is 0 Å².